The molecule has 0 aliphatic carbocycles. The van der Waals surface area contributed by atoms with E-state index >= 15 is 0 Å². The number of unbranched alkanes of at least 4 members (excludes halogenated alkanes) is 1. The molecule has 20 heavy (non-hydrogen) atoms. The van der Waals surface area contributed by atoms with Gasteiger partial charge in [0.25, 0.3) is 12.9 Å². The lowest BCUT2D eigenvalue weighted by atomic mass is 10.2. The number of alkyl halides is 4. The van der Waals surface area contributed by atoms with Gasteiger partial charge in [0.1, 0.15) is 17.0 Å². The molecule has 0 aliphatic rings. The Morgan fingerprint density at radius 3 is 2.35 bits per heavy atom. The van der Waals surface area contributed by atoms with E-state index in [4.69, 9.17) is 0 Å². The van der Waals surface area contributed by atoms with Crippen molar-refractivity contribution in [2.24, 2.45) is 0 Å². The van der Waals surface area contributed by atoms with Crippen molar-refractivity contribution >= 4 is 5.97 Å². The van der Waals surface area contributed by atoms with Crippen molar-refractivity contribution in [1.29, 1.82) is 0 Å². The summed E-state index contributed by atoms with van der Waals surface area (Å²) in [7, 11) is 0. The molecule has 0 N–H and O–H groups in total. The van der Waals surface area contributed by atoms with Gasteiger partial charge in [0.05, 0.1) is 6.61 Å². The topological polar surface area (TPSA) is 44.1 Å². The zero-order valence-electron chi connectivity index (χ0n) is 11.2. The summed E-state index contributed by atoms with van der Waals surface area (Å²) in [5, 5.41) is 3.46. The second-order valence-electron chi connectivity index (χ2n) is 4.04. The van der Waals surface area contributed by atoms with Crippen LogP contribution < -0.4 is 0 Å². The van der Waals surface area contributed by atoms with Gasteiger partial charge in [-0.25, -0.2) is 22.4 Å². The molecule has 1 rings (SSSR count). The van der Waals surface area contributed by atoms with E-state index in [1.54, 1.807) is 0 Å². The van der Waals surface area contributed by atoms with E-state index in [1.807, 2.05) is 6.92 Å². The van der Waals surface area contributed by atoms with Crippen molar-refractivity contribution in [2.45, 2.75) is 46.1 Å². The van der Waals surface area contributed by atoms with Crippen LogP contribution >= 0.6 is 0 Å². The molecular formula is C12H16F4N2O2. The summed E-state index contributed by atoms with van der Waals surface area (Å²) in [4.78, 5) is 11.6. The van der Waals surface area contributed by atoms with E-state index in [9.17, 15) is 22.4 Å². The van der Waals surface area contributed by atoms with Gasteiger partial charge in [0.2, 0.25) is 0 Å². The fourth-order valence-corrected chi connectivity index (χ4v) is 1.76. The predicted octanol–water partition coefficient (Wildman–Crippen LogP) is 3.74. The quantitative estimate of drug-likeness (QED) is 0.569. The monoisotopic (exact) mass is 296 g/mol. The number of carbonyl (C=O) groups excluding carboxylic acids is 1. The van der Waals surface area contributed by atoms with Gasteiger partial charge in [-0.1, -0.05) is 13.3 Å². The van der Waals surface area contributed by atoms with Crippen LogP contribution in [0.2, 0.25) is 0 Å². The number of hydrogen-bond donors (Lipinski definition) is 0. The normalized spacial score (nSPS) is 11.4. The highest BCUT2D eigenvalue weighted by Crippen LogP contribution is 2.31. The number of carbonyl (C=O) groups is 1. The number of ether oxygens (including phenoxy) is 1. The fourth-order valence-electron chi connectivity index (χ4n) is 1.76. The number of aromatic nitrogens is 2. The Balaban J connectivity index is 3.34. The van der Waals surface area contributed by atoms with E-state index in [0.717, 1.165) is 4.68 Å². The van der Waals surface area contributed by atoms with Crippen molar-refractivity contribution in [2.75, 3.05) is 6.61 Å². The Morgan fingerprint density at radius 1 is 1.25 bits per heavy atom. The molecule has 0 bridgehead atoms. The number of rotatable bonds is 7. The molecule has 0 unspecified atom stereocenters. The summed E-state index contributed by atoms with van der Waals surface area (Å²) < 4.78 is 57.3. The third-order valence-electron chi connectivity index (χ3n) is 2.64. The van der Waals surface area contributed by atoms with Crippen molar-refractivity contribution in [1.82, 2.24) is 9.78 Å². The highest BCUT2D eigenvalue weighted by atomic mass is 19.3. The largest absolute Gasteiger partial charge is 0.462 e. The van der Waals surface area contributed by atoms with Crippen molar-refractivity contribution in [3.05, 3.63) is 17.0 Å². The highest BCUT2D eigenvalue weighted by Gasteiger charge is 2.33. The molecule has 0 radical (unpaired) electrons. The van der Waals surface area contributed by atoms with Crippen LogP contribution in [-0.4, -0.2) is 22.4 Å². The Kier molecular flexibility index (Phi) is 5.97. The van der Waals surface area contributed by atoms with Crippen LogP contribution in [0.15, 0.2) is 0 Å². The minimum Gasteiger partial charge on any atom is -0.462 e. The summed E-state index contributed by atoms with van der Waals surface area (Å²) >= 11 is 0. The lowest BCUT2D eigenvalue weighted by Gasteiger charge is -2.08. The van der Waals surface area contributed by atoms with E-state index in [-0.39, 0.29) is 13.2 Å². The first-order valence-corrected chi connectivity index (χ1v) is 6.27. The molecule has 0 atom stereocenters. The smallest absolute Gasteiger partial charge is 0.342 e. The Labute approximate surface area is 113 Å². The number of nitrogens with zero attached hydrogens (tertiary/aromatic N) is 2. The summed E-state index contributed by atoms with van der Waals surface area (Å²) in [6, 6.07) is 0. The van der Waals surface area contributed by atoms with Crippen LogP contribution in [-0.2, 0) is 11.3 Å². The SMILES string of the molecule is CCCCn1nc(C(F)F)c(C(=O)OCC)c1C(F)F. The van der Waals surface area contributed by atoms with Gasteiger partial charge in [-0.2, -0.15) is 5.10 Å². The second kappa shape index (κ2) is 7.25. The molecular weight excluding hydrogens is 280 g/mol. The van der Waals surface area contributed by atoms with Crippen LogP contribution in [0.25, 0.3) is 0 Å². The maximum absolute atomic E-state index is 13.1. The fraction of sp³-hybridized carbons (Fsp3) is 0.667. The molecule has 0 aromatic carbocycles. The van der Waals surface area contributed by atoms with Crippen LogP contribution in [0.5, 0.6) is 0 Å². The molecule has 8 heteroatoms. The van der Waals surface area contributed by atoms with Crippen molar-refractivity contribution in [3.8, 4) is 0 Å². The summed E-state index contributed by atoms with van der Waals surface area (Å²) in [6.45, 7) is 3.24. The molecule has 0 aliphatic heterocycles. The Morgan fingerprint density at radius 2 is 1.90 bits per heavy atom. The number of halogens is 4. The molecule has 0 spiro atoms. The van der Waals surface area contributed by atoms with Gasteiger partial charge in [-0.15, -0.1) is 0 Å². The minimum atomic E-state index is -3.12. The Hall–Kier alpha value is -1.60. The Bertz CT molecular complexity index is 461. The molecule has 114 valence electrons. The van der Waals surface area contributed by atoms with Crippen LogP contribution in [0.3, 0.4) is 0 Å². The number of esters is 1. The van der Waals surface area contributed by atoms with E-state index in [2.05, 4.69) is 9.84 Å². The lowest BCUT2D eigenvalue weighted by Crippen LogP contribution is -2.12. The lowest BCUT2D eigenvalue weighted by molar-refractivity contribution is 0.0502. The first-order valence-electron chi connectivity index (χ1n) is 6.27. The maximum Gasteiger partial charge on any atom is 0.342 e. The second-order valence-corrected chi connectivity index (χ2v) is 4.04. The third kappa shape index (κ3) is 3.49. The van der Waals surface area contributed by atoms with Crippen molar-refractivity contribution in [3.63, 3.8) is 0 Å². The third-order valence-corrected chi connectivity index (χ3v) is 2.64. The van der Waals surface area contributed by atoms with Gasteiger partial charge >= 0.3 is 5.97 Å². The number of aryl methyl sites for hydroxylation is 1. The first-order chi connectivity index (χ1) is 9.43. The van der Waals surface area contributed by atoms with Crippen LogP contribution in [0.4, 0.5) is 17.6 Å². The van der Waals surface area contributed by atoms with Gasteiger partial charge < -0.3 is 4.74 Å². The molecule has 1 heterocycles. The average Bonchev–Trinajstić information content (AvgIpc) is 2.76. The van der Waals surface area contributed by atoms with E-state index < -0.39 is 35.8 Å². The van der Waals surface area contributed by atoms with Gasteiger partial charge in [-0.3, -0.25) is 4.68 Å². The van der Waals surface area contributed by atoms with Crippen molar-refractivity contribution < 1.29 is 27.1 Å². The number of hydrogen-bond acceptors (Lipinski definition) is 3. The molecule has 0 fully saturated rings. The minimum absolute atomic E-state index is 0.0509. The highest BCUT2D eigenvalue weighted by molar-refractivity contribution is 5.92. The van der Waals surface area contributed by atoms with Crippen LogP contribution in [0, 0.1) is 0 Å². The first kappa shape index (κ1) is 16.5. The van der Waals surface area contributed by atoms with Crippen LogP contribution in [0.1, 0.15) is 61.3 Å². The maximum atomic E-state index is 13.1. The molecule has 4 nitrogen and oxygen atoms in total. The predicted molar refractivity (Wildman–Crippen MR) is 63.0 cm³/mol. The molecule has 0 amide bonds. The summed E-state index contributed by atoms with van der Waals surface area (Å²) in [5.41, 5.74) is -2.56. The molecule has 0 saturated heterocycles. The molecule has 0 saturated carbocycles. The van der Waals surface area contributed by atoms with E-state index in [0.29, 0.717) is 12.8 Å². The standard InChI is InChI=1S/C12H16F4N2O2/c1-3-5-6-18-9(11(15)16)7(12(19)20-4-2)8(17-18)10(13)14/h10-11H,3-6H2,1-2H3. The van der Waals surface area contributed by atoms with Gasteiger partial charge in [0, 0.05) is 6.54 Å². The van der Waals surface area contributed by atoms with E-state index in [1.165, 1.54) is 6.92 Å². The summed E-state index contributed by atoms with van der Waals surface area (Å²) in [6.07, 6.45) is -5.02. The summed E-state index contributed by atoms with van der Waals surface area (Å²) in [5.74, 6) is -1.19. The zero-order valence-corrected chi connectivity index (χ0v) is 11.2. The van der Waals surface area contributed by atoms with Gasteiger partial charge in [-0.05, 0) is 13.3 Å². The van der Waals surface area contributed by atoms with Gasteiger partial charge in [0.15, 0.2) is 0 Å². The molecule has 1 aromatic rings. The average molecular weight is 296 g/mol. The zero-order chi connectivity index (χ0) is 15.3. The molecule has 1 aromatic heterocycles.